The Morgan fingerprint density at radius 1 is 1.23 bits per heavy atom. The van der Waals surface area contributed by atoms with Crippen molar-refractivity contribution in [1.82, 2.24) is 20.1 Å². The molecule has 116 valence electrons. The molecule has 3 rings (SSSR count). The van der Waals surface area contributed by atoms with Crippen LogP contribution in [-0.4, -0.2) is 52.8 Å². The molecule has 0 N–H and O–H groups in total. The van der Waals surface area contributed by atoms with E-state index in [-0.39, 0.29) is 0 Å². The van der Waals surface area contributed by atoms with Gasteiger partial charge >= 0.3 is 0 Å². The van der Waals surface area contributed by atoms with E-state index in [1.54, 1.807) is 6.20 Å². The normalized spacial score (nSPS) is 18.1. The summed E-state index contributed by atoms with van der Waals surface area (Å²) in [6, 6.07) is 10.7. The van der Waals surface area contributed by atoms with Crippen LogP contribution < -0.4 is 4.90 Å². The second kappa shape index (κ2) is 7.31. The molecule has 0 aromatic carbocycles. The molecule has 0 spiro atoms. The highest BCUT2D eigenvalue weighted by Gasteiger charge is 2.26. The predicted molar refractivity (Wildman–Crippen MR) is 87.8 cm³/mol. The topological polar surface area (TPSA) is 45.2 Å². The van der Waals surface area contributed by atoms with Gasteiger partial charge in [-0.15, -0.1) is 5.10 Å². The minimum atomic E-state index is 0.533. The first-order chi connectivity index (χ1) is 10.8. The molecular weight excluding hydrogens is 274 g/mol. The van der Waals surface area contributed by atoms with Gasteiger partial charge in [-0.05, 0) is 44.2 Å². The highest BCUT2D eigenvalue weighted by Crippen LogP contribution is 2.23. The number of aromatic nitrogens is 3. The summed E-state index contributed by atoms with van der Waals surface area (Å²) in [7, 11) is 2.19. The van der Waals surface area contributed by atoms with E-state index in [0.29, 0.717) is 6.04 Å². The summed E-state index contributed by atoms with van der Waals surface area (Å²) in [5.74, 6) is 1.00. The Kier molecular flexibility index (Phi) is 4.96. The van der Waals surface area contributed by atoms with Gasteiger partial charge in [0.1, 0.15) is 0 Å². The summed E-state index contributed by atoms with van der Waals surface area (Å²) in [5, 5.41) is 8.26. The largest absolute Gasteiger partial charge is 0.351 e. The van der Waals surface area contributed by atoms with Crippen molar-refractivity contribution in [2.75, 3.05) is 31.6 Å². The third kappa shape index (κ3) is 3.80. The van der Waals surface area contributed by atoms with E-state index in [1.165, 1.54) is 12.8 Å². The first-order valence-corrected chi connectivity index (χ1v) is 7.96. The van der Waals surface area contributed by atoms with Gasteiger partial charge in [-0.3, -0.25) is 4.98 Å². The van der Waals surface area contributed by atoms with Crippen molar-refractivity contribution >= 4 is 5.82 Å². The maximum atomic E-state index is 4.39. The van der Waals surface area contributed by atoms with Crippen molar-refractivity contribution in [3.05, 3.63) is 48.4 Å². The van der Waals surface area contributed by atoms with Gasteiger partial charge in [0.15, 0.2) is 5.82 Å². The maximum Gasteiger partial charge on any atom is 0.151 e. The third-order valence-electron chi connectivity index (χ3n) is 4.23. The quantitative estimate of drug-likeness (QED) is 0.816. The van der Waals surface area contributed by atoms with Crippen LogP contribution in [0.5, 0.6) is 0 Å². The van der Waals surface area contributed by atoms with Gasteiger partial charge in [0, 0.05) is 50.2 Å². The number of likely N-dealkylation sites (N-methyl/N-ethyl adjacent to an activating group) is 1. The van der Waals surface area contributed by atoms with Gasteiger partial charge < -0.3 is 9.80 Å². The molecule has 1 aliphatic heterocycles. The number of anilines is 1. The average molecular weight is 297 g/mol. The van der Waals surface area contributed by atoms with Gasteiger partial charge in [-0.25, -0.2) is 0 Å². The van der Waals surface area contributed by atoms with E-state index in [2.05, 4.69) is 50.2 Å². The second-order valence-electron chi connectivity index (χ2n) is 5.90. The summed E-state index contributed by atoms with van der Waals surface area (Å²) < 4.78 is 0. The van der Waals surface area contributed by atoms with E-state index in [1.807, 2.05) is 18.3 Å². The zero-order valence-electron chi connectivity index (χ0n) is 13.1. The molecule has 5 nitrogen and oxygen atoms in total. The lowest BCUT2D eigenvalue weighted by atomic mass is 10.2. The molecule has 1 fully saturated rings. The van der Waals surface area contributed by atoms with Gasteiger partial charge in [0.05, 0.1) is 0 Å². The van der Waals surface area contributed by atoms with Crippen LogP contribution in [-0.2, 0) is 6.42 Å². The van der Waals surface area contributed by atoms with E-state index in [0.717, 1.165) is 37.6 Å². The van der Waals surface area contributed by atoms with Crippen molar-refractivity contribution in [3.63, 3.8) is 0 Å². The molecule has 0 radical (unpaired) electrons. The highest BCUT2D eigenvalue weighted by molar-refractivity contribution is 5.39. The van der Waals surface area contributed by atoms with Gasteiger partial charge in [-0.2, -0.15) is 5.10 Å². The number of hydrogen-bond donors (Lipinski definition) is 0. The van der Waals surface area contributed by atoms with E-state index in [4.69, 9.17) is 0 Å². The van der Waals surface area contributed by atoms with Crippen LogP contribution in [0.25, 0.3) is 0 Å². The Bertz CT molecular complexity index is 560. The Morgan fingerprint density at radius 3 is 2.95 bits per heavy atom. The minimum Gasteiger partial charge on any atom is -0.351 e. The van der Waals surface area contributed by atoms with E-state index < -0.39 is 0 Å². The monoisotopic (exact) mass is 297 g/mol. The Hall–Kier alpha value is -2.01. The fourth-order valence-electron chi connectivity index (χ4n) is 3.08. The third-order valence-corrected chi connectivity index (χ3v) is 4.23. The predicted octanol–water partition coefficient (Wildman–Crippen LogP) is 2.01. The lowest BCUT2D eigenvalue weighted by Gasteiger charge is -2.29. The lowest BCUT2D eigenvalue weighted by molar-refractivity contribution is 0.312. The summed E-state index contributed by atoms with van der Waals surface area (Å²) in [6.45, 7) is 3.17. The summed E-state index contributed by atoms with van der Waals surface area (Å²) in [4.78, 5) is 9.18. The molecule has 1 unspecified atom stereocenters. The van der Waals surface area contributed by atoms with Crippen LogP contribution in [0.1, 0.15) is 18.5 Å². The van der Waals surface area contributed by atoms with Crippen LogP contribution in [0.2, 0.25) is 0 Å². The average Bonchev–Trinajstić information content (AvgIpc) is 3.03. The number of pyridine rings is 1. The molecule has 2 aromatic heterocycles. The van der Waals surface area contributed by atoms with Crippen molar-refractivity contribution in [1.29, 1.82) is 0 Å². The van der Waals surface area contributed by atoms with Gasteiger partial charge in [0.25, 0.3) is 0 Å². The first kappa shape index (κ1) is 14.9. The standard InChI is InChI=1S/C17H23N5/c1-21(13-9-15-6-2-3-10-18-15)14-16-7-5-12-22(16)17-8-4-11-19-20-17/h2-4,6,8,10-11,16H,5,7,9,12-14H2,1H3. The first-order valence-electron chi connectivity index (χ1n) is 7.96. The Balaban J connectivity index is 1.53. The summed E-state index contributed by atoms with van der Waals surface area (Å²) in [6.07, 6.45) is 7.05. The molecule has 0 bridgehead atoms. The zero-order valence-corrected chi connectivity index (χ0v) is 13.1. The highest BCUT2D eigenvalue weighted by atomic mass is 15.3. The molecule has 22 heavy (non-hydrogen) atoms. The zero-order chi connectivity index (χ0) is 15.2. The smallest absolute Gasteiger partial charge is 0.151 e. The molecule has 1 aliphatic rings. The molecule has 0 aliphatic carbocycles. The van der Waals surface area contributed by atoms with E-state index >= 15 is 0 Å². The molecular formula is C17H23N5. The van der Waals surface area contributed by atoms with Crippen molar-refractivity contribution in [3.8, 4) is 0 Å². The van der Waals surface area contributed by atoms with Crippen LogP contribution >= 0.6 is 0 Å². The maximum absolute atomic E-state index is 4.39. The Labute approximate surface area is 132 Å². The minimum absolute atomic E-state index is 0.533. The molecule has 5 heteroatoms. The fourth-order valence-corrected chi connectivity index (χ4v) is 3.08. The van der Waals surface area contributed by atoms with E-state index in [9.17, 15) is 0 Å². The molecule has 1 saturated heterocycles. The van der Waals surface area contributed by atoms with Gasteiger partial charge in [-0.1, -0.05) is 6.07 Å². The molecule has 3 heterocycles. The summed E-state index contributed by atoms with van der Waals surface area (Å²) >= 11 is 0. The number of hydrogen-bond acceptors (Lipinski definition) is 5. The molecule has 2 aromatic rings. The number of nitrogens with zero attached hydrogens (tertiary/aromatic N) is 5. The summed E-state index contributed by atoms with van der Waals surface area (Å²) in [5.41, 5.74) is 1.16. The SMILES string of the molecule is CN(CCc1ccccn1)CC1CCCN1c1cccnn1. The van der Waals surface area contributed by atoms with Crippen LogP contribution in [0.4, 0.5) is 5.82 Å². The van der Waals surface area contributed by atoms with Crippen molar-refractivity contribution in [2.24, 2.45) is 0 Å². The van der Waals surface area contributed by atoms with Gasteiger partial charge in [0.2, 0.25) is 0 Å². The molecule has 0 saturated carbocycles. The molecule has 0 amide bonds. The lowest BCUT2D eigenvalue weighted by Crippen LogP contribution is -2.40. The van der Waals surface area contributed by atoms with Crippen LogP contribution in [0, 0.1) is 0 Å². The Morgan fingerprint density at radius 2 is 2.18 bits per heavy atom. The second-order valence-corrected chi connectivity index (χ2v) is 5.90. The van der Waals surface area contributed by atoms with Crippen LogP contribution in [0.15, 0.2) is 42.7 Å². The number of rotatable bonds is 6. The fraction of sp³-hybridized carbons (Fsp3) is 0.471. The molecule has 1 atom stereocenters. The van der Waals surface area contributed by atoms with Crippen molar-refractivity contribution < 1.29 is 0 Å². The van der Waals surface area contributed by atoms with Crippen LogP contribution in [0.3, 0.4) is 0 Å². The van der Waals surface area contributed by atoms with Crippen molar-refractivity contribution in [2.45, 2.75) is 25.3 Å².